The smallest absolute Gasteiger partial charge is 0.319 e. The number of halogens is 2. The van der Waals surface area contributed by atoms with E-state index in [0.29, 0.717) is 37.6 Å². The van der Waals surface area contributed by atoms with E-state index in [9.17, 15) is 13.6 Å². The van der Waals surface area contributed by atoms with Gasteiger partial charge < -0.3 is 20.3 Å². The number of nitrogens with one attached hydrogen (secondary N) is 2. The molecule has 2 aromatic rings. The minimum Gasteiger partial charge on any atom is -0.383 e. The van der Waals surface area contributed by atoms with E-state index in [1.165, 1.54) is 6.07 Å². The SMILES string of the molecule is COCCn1cc(NC(=O)NC[C@H]2CCN(c3ccc(F)c(F)c3)C2)cn1. The van der Waals surface area contributed by atoms with E-state index in [1.54, 1.807) is 30.3 Å². The Bertz CT molecular complexity index is 783. The van der Waals surface area contributed by atoms with Crippen LogP contribution < -0.4 is 15.5 Å². The topological polar surface area (TPSA) is 71.4 Å². The van der Waals surface area contributed by atoms with Crippen molar-refractivity contribution in [2.75, 3.05) is 43.6 Å². The maximum absolute atomic E-state index is 13.4. The Kier molecular flexibility index (Phi) is 6.23. The Morgan fingerprint density at radius 3 is 3.00 bits per heavy atom. The van der Waals surface area contributed by atoms with Gasteiger partial charge in [-0.05, 0) is 24.5 Å². The number of carbonyl (C=O) groups excluding carboxylic acids is 1. The molecule has 2 amide bonds. The highest BCUT2D eigenvalue weighted by Gasteiger charge is 2.23. The van der Waals surface area contributed by atoms with E-state index in [1.807, 2.05) is 4.90 Å². The molecule has 1 aromatic heterocycles. The van der Waals surface area contributed by atoms with Crippen molar-refractivity contribution < 1.29 is 18.3 Å². The van der Waals surface area contributed by atoms with Crippen molar-refractivity contribution in [2.24, 2.45) is 5.92 Å². The molecular weight excluding hydrogens is 356 g/mol. The van der Waals surface area contributed by atoms with Gasteiger partial charge in [0.05, 0.1) is 25.0 Å². The molecule has 1 atom stereocenters. The molecule has 2 heterocycles. The normalized spacial score (nSPS) is 16.6. The highest BCUT2D eigenvalue weighted by Crippen LogP contribution is 2.25. The van der Waals surface area contributed by atoms with Crippen molar-refractivity contribution in [1.82, 2.24) is 15.1 Å². The predicted molar refractivity (Wildman–Crippen MR) is 97.8 cm³/mol. The van der Waals surface area contributed by atoms with Crippen LogP contribution in [0.3, 0.4) is 0 Å². The second kappa shape index (κ2) is 8.81. The summed E-state index contributed by atoms with van der Waals surface area (Å²) in [5, 5.41) is 9.72. The zero-order valence-electron chi connectivity index (χ0n) is 15.1. The van der Waals surface area contributed by atoms with Gasteiger partial charge in [-0.3, -0.25) is 4.68 Å². The standard InChI is InChI=1S/C18H23F2N5O2/c1-27-7-6-25-12-14(10-22-25)23-18(26)21-9-13-4-5-24(11-13)15-2-3-16(19)17(20)8-15/h2-3,8,10,12-13H,4-7,9,11H2,1H3,(H2,21,23,26)/t13-/m1/s1. The average molecular weight is 379 g/mol. The van der Waals surface area contributed by atoms with Crippen molar-refractivity contribution in [2.45, 2.75) is 13.0 Å². The number of urea groups is 1. The van der Waals surface area contributed by atoms with Crippen LogP contribution in [0.4, 0.5) is 25.0 Å². The molecule has 9 heteroatoms. The second-order valence-electron chi connectivity index (χ2n) is 6.52. The molecular formula is C18H23F2N5O2. The first-order chi connectivity index (χ1) is 13.0. The van der Waals surface area contributed by atoms with Crippen LogP contribution in [0.25, 0.3) is 0 Å². The van der Waals surface area contributed by atoms with Crippen molar-refractivity contribution in [1.29, 1.82) is 0 Å². The van der Waals surface area contributed by atoms with Gasteiger partial charge in [-0.15, -0.1) is 0 Å². The number of hydrogen-bond donors (Lipinski definition) is 2. The molecule has 1 aliphatic heterocycles. The monoisotopic (exact) mass is 379 g/mol. The minimum absolute atomic E-state index is 0.244. The average Bonchev–Trinajstić information content (AvgIpc) is 3.30. The summed E-state index contributed by atoms with van der Waals surface area (Å²) in [5.74, 6) is -1.45. The zero-order chi connectivity index (χ0) is 19.2. The number of carbonyl (C=O) groups is 1. The van der Waals surface area contributed by atoms with E-state index in [2.05, 4.69) is 15.7 Å². The molecule has 1 saturated heterocycles. The first-order valence-corrected chi connectivity index (χ1v) is 8.81. The fraction of sp³-hybridized carbons (Fsp3) is 0.444. The Morgan fingerprint density at radius 1 is 1.37 bits per heavy atom. The molecule has 3 rings (SSSR count). The number of aromatic nitrogens is 2. The van der Waals surface area contributed by atoms with Gasteiger partial charge in [-0.1, -0.05) is 0 Å². The summed E-state index contributed by atoms with van der Waals surface area (Å²) in [7, 11) is 1.62. The quantitative estimate of drug-likeness (QED) is 0.775. The van der Waals surface area contributed by atoms with E-state index in [0.717, 1.165) is 19.0 Å². The van der Waals surface area contributed by atoms with E-state index in [4.69, 9.17) is 4.74 Å². The van der Waals surface area contributed by atoms with Crippen LogP contribution in [-0.4, -0.2) is 49.2 Å². The first-order valence-electron chi connectivity index (χ1n) is 8.81. The number of amides is 2. The van der Waals surface area contributed by atoms with Gasteiger partial charge in [-0.2, -0.15) is 5.10 Å². The number of anilines is 2. The van der Waals surface area contributed by atoms with Gasteiger partial charge >= 0.3 is 6.03 Å². The summed E-state index contributed by atoms with van der Waals surface area (Å²) in [5.41, 5.74) is 1.27. The lowest BCUT2D eigenvalue weighted by Crippen LogP contribution is -2.34. The molecule has 1 aromatic carbocycles. The second-order valence-corrected chi connectivity index (χ2v) is 6.52. The molecule has 0 aliphatic carbocycles. The summed E-state index contributed by atoms with van der Waals surface area (Å²) in [4.78, 5) is 14.0. The molecule has 27 heavy (non-hydrogen) atoms. The summed E-state index contributed by atoms with van der Waals surface area (Å²) < 4.78 is 33.1. The van der Waals surface area contributed by atoms with Crippen molar-refractivity contribution >= 4 is 17.4 Å². The Labute approximate surface area is 156 Å². The number of hydrogen-bond acceptors (Lipinski definition) is 4. The highest BCUT2D eigenvalue weighted by atomic mass is 19.2. The van der Waals surface area contributed by atoms with Gasteiger partial charge in [0.2, 0.25) is 0 Å². The van der Waals surface area contributed by atoms with Crippen LogP contribution in [0.15, 0.2) is 30.6 Å². The molecule has 2 N–H and O–H groups in total. The maximum Gasteiger partial charge on any atom is 0.319 e. The lowest BCUT2D eigenvalue weighted by Gasteiger charge is -2.19. The van der Waals surface area contributed by atoms with Gasteiger partial charge in [0.1, 0.15) is 0 Å². The molecule has 0 radical (unpaired) electrons. The summed E-state index contributed by atoms with van der Waals surface area (Å²) in [6.07, 6.45) is 4.18. The van der Waals surface area contributed by atoms with Gasteiger partial charge in [-0.25, -0.2) is 13.6 Å². The molecule has 1 aliphatic rings. The van der Waals surface area contributed by atoms with Gasteiger partial charge in [0.15, 0.2) is 11.6 Å². The zero-order valence-corrected chi connectivity index (χ0v) is 15.1. The lowest BCUT2D eigenvalue weighted by molar-refractivity contribution is 0.183. The third kappa shape index (κ3) is 5.16. The van der Waals surface area contributed by atoms with Crippen LogP contribution in [0.2, 0.25) is 0 Å². The molecule has 1 fully saturated rings. The molecule has 7 nitrogen and oxygen atoms in total. The largest absolute Gasteiger partial charge is 0.383 e. The van der Waals surface area contributed by atoms with Crippen molar-refractivity contribution in [3.05, 3.63) is 42.2 Å². The summed E-state index contributed by atoms with van der Waals surface area (Å²) in [6.45, 7) is 3.08. The molecule has 0 bridgehead atoms. The first kappa shape index (κ1) is 19.1. The summed E-state index contributed by atoms with van der Waals surface area (Å²) >= 11 is 0. The number of benzene rings is 1. The van der Waals surface area contributed by atoms with E-state index < -0.39 is 11.6 Å². The third-order valence-electron chi connectivity index (χ3n) is 4.52. The minimum atomic E-state index is -0.849. The van der Waals surface area contributed by atoms with Crippen LogP contribution in [-0.2, 0) is 11.3 Å². The van der Waals surface area contributed by atoms with Crippen LogP contribution >= 0.6 is 0 Å². The molecule has 0 saturated carbocycles. The lowest BCUT2D eigenvalue weighted by atomic mass is 10.1. The molecule has 146 valence electrons. The van der Waals surface area contributed by atoms with Crippen LogP contribution in [0, 0.1) is 17.6 Å². The van der Waals surface area contributed by atoms with Crippen molar-refractivity contribution in [3.8, 4) is 0 Å². The Hall–Kier alpha value is -2.68. The van der Waals surface area contributed by atoms with Gasteiger partial charge in [0, 0.05) is 44.7 Å². The number of nitrogens with zero attached hydrogens (tertiary/aromatic N) is 3. The fourth-order valence-electron chi connectivity index (χ4n) is 3.06. The van der Waals surface area contributed by atoms with Crippen molar-refractivity contribution in [3.63, 3.8) is 0 Å². The van der Waals surface area contributed by atoms with E-state index in [-0.39, 0.29) is 11.9 Å². The van der Waals surface area contributed by atoms with Crippen LogP contribution in [0.1, 0.15) is 6.42 Å². The fourth-order valence-corrected chi connectivity index (χ4v) is 3.06. The Morgan fingerprint density at radius 2 is 2.22 bits per heavy atom. The highest BCUT2D eigenvalue weighted by molar-refractivity contribution is 5.88. The molecule has 0 spiro atoms. The van der Waals surface area contributed by atoms with Gasteiger partial charge in [0.25, 0.3) is 0 Å². The number of methoxy groups -OCH3 is 1. The Balaban J connectivity index is 1.43. The maximum atomic E-state index is 13.4. The molecule has 0 unspecified atom stereocenters. The van der Waals surface area contributed by atoms with Crippen LogP contribution in [0.5, 0.6) is 0 Å². The third-order valence-corrected chi connectivity index (χ3v) is 4.52. The summed E-state index contributed by atoms with van der Waals surface area (Å²) in [6, 6.07) is 3.62. The number of rotatable bonds is 7. The number of ether oxygens (including phenoxy) is 1. The van der Waals surface area contributed by atoms with E-state index >= 15 is 0 Å². The predicted octanol–water partition coefficient (Wildman–Crippen LogP) is 2.46.